The molecular weight excluding hydrogens is 230 g/mol. The number of hydrogen-bond acceptors (Lipinski definition) is 3. The number of rotatable bonds is 3. The maximum Gasteiger partial charge on any atom is 0.255 e. The SMILES string of the molecule is Cc1n[nH]c(C)c1C(=O)NCC1CCCCC1O. The second-order valence-corrected chi connectivity index (χ2v) is 5.13. The third kappa shape index (κ3) is 2.72. The zero-order valence-electron chi connectivity index (χ0n) is 11.0. The van der Waals surface area contributed by atoms with E-state index in [0.29, 0.717) is 17.8 Å². The van der Waals surface area contributed by atoms with E-state index in [4.69, 9.17) is 0 Å². The van der Waals surface area contributed by atoms with Crippen LogP contribution in [0.1, 0.15) is 47.4 Å². The van der Waals surface area contributed by atoms with Crippen molar-refractivity contribution in [2.75, 3.05) is 6.54 Å². The second-order valence-electron chi connectivity index (χ2n) is 5.13. The fourth-order valence-corrected chi connectivity index (χ4v) is 2.62. The van der Waals surface area contributed by atoms with Crippen LogP contribution >= 0.6 is 0 Å². The Hall–Kier alpha value is -1.36. The Balaban J connectivity index is 1.92. The number of carbonyl (C=O) groups excluding carboxylic acids is 1. The van der Waals surface area contributed by atoms with Crippen LogP contribution in [0.5, 0.6) is 0 Å². The summed E-state index contributed by atoms with van der Waals surface area (Å²) in [5, 5.41) is 19.6. The molecule has 1 amide bonds. The van der Waals surface area contributed by atoms with E-state index in [1.165, 1.54) is 0 Å². The van der Waals surface area contributed by atoms with Gasteiger partial charge in [0, 0.05) is 18.2 Å². The third-order valence-corrected chi connectivity index (χ3v) is 3.75. The zero-order chi connectivity index (χ0) is 13.1. The van der Waals surface area contributed by atoms with Gasteiger partial charge < -0.3 is 10.4 Å². The first kappa shape index (κ1) is 13.1. The molecule has 3 N–H and O–H groups in total. The number of aromatic amines is 1. The number of hydrogen-bond donors (Lipinski definition) is 3. The Bertz CT molecular complexity index is 408. The van der Waals surface area contributed by atoms with Crippen LogP contribution < -0.4 is 5.32 Å². The van der Waals surface area contributed by atoms with Crippen LogP contribution in [-0.4, -0.2) is 33.9 Å². The lowest BCUT2D eigenvalue weighted by molar-refractivity contribution is 0.0662. The van der Waals surface area contributed by atoms with E-state index in [1.54, 1.807) is 0 Å². The molecule has 0 spiro atoms. The molecule has 18 heavy (non-hydrogen) atoms. The Morgan fingerprint density at radius 1 is 1.44 bits per heavy atom. The van der Waals surface area contributed by atoms with Gasteiger partial charge in [0.2, 0.25) is 0 Å². The van der Waals surface area contributed by atoms with Gasteiger partial charge in [-0.3, -0.25) is 9.89 Å². The van der Waals surface area contributed by atoms with E-state index in [0.717, 1.165) is 31.4 Å². The number of aliphatic hydroxyl groups excluding tert-OH is 1. The Labute approximate surface area is 107 Å². The molecule has 2 unspecified atom stereocenters. The normalized spacial score (nSPS) is 23.9. The molecule has 100 valence electrons. The molecule has 2 rings (SSSR count). The second kappa shape index (κ2) is 5.52. The Kier molecular flexibility index (Phi) is 4.01. The summed E-state index contributed by atoms with van der Waals surface area (Å²) in [6, 6.07) is 0. The molecular formula is C13H21N3O2. The van der Waals surface area contributed by atoms with Gasteiger partial charge in [-0.25, -0.2) is 0 Å². The van der Waals surface area contributed by atoms with Gasteiger partial charge in [0.15, 0.2) is 0 Å². The highest BCUT2D eigenvalue weighted by atomic mass is 16.3. The van der Waals surface area contributed by atoms with Crippen LogP contribution in [0.2, 0.25) is 0 Å². The van der Waals surface area contributed by atoms with E-state index < -0.39 is 0 Å². The summed E-state index contributed by atoms with van der Waals surface area (Å²) >= 11 is 0. The summed E-state index contributed by atoms with van der Waals surface area (Å²) in [6.45, 7) is 4.20. The largest absolute Gasteiger partial charge is 0.393 e. The summed E-state index contributed by atoms with van der Waals surface area (Å²) in [4.78, 5) is 12.0. The monoisotopic (exact) mass is 251 g/mol. The number of carbonyl (C=O) groups is 1. The van der Waals surface area contributed by atoms with E-state index in [9.17, 15) is 9.90 Å². The molecule has 2 atom stereocenters. The lowest BCUT2D eigenvalue weighted by Gasteiger charge is -2.27. The van der Waals surface area contributed by atoms with Gasteiger partial charge >= 0.3 is 0 Å². The molecule has 0 saturated heterocycles. The molecule has 0 radical (unpaired) electrons. The van der Waals surface area contributed by atoms with E-state index in [2.05, 4.69) is 15.5 Å². The number of nitrogens with zero attached hydrogens (tertiary/aromatic N) is 1. The van der Waals surface area contributed by atoms with Crippen LogP contribution in [-0.2, 0) is 0 Å². The first-order chi connectivity index (χ1) is 8.59. The van der Waals surface area contributed by atoms with Gasteiger partial charge in [0.05, 0.1) is 17.4 Å². The fraction of sp³-hybridized carbons (Fsp3) is 0.692. The van der Waals surface area contributed by atoms with Crippen LogP contribution in [0, 0.1) is 19.8 Å². The van der Waals surface area contributed by atoms with Gasteiger partial charge in [-0.05, 0) is 26.7 Å². The minimum Gasteiger partial charge on any atom is -0.393 e. The van der Waals surface area contributed by atoms with Crippen LogP contribution in [0.15, 0.2) is 0 Å². The molecule has 1 aromatic rings. The predicted molar refractivity (Wildman–Crippen MR) is 68.4 cm³/mol. The average Bonchev–Trinajstić information content (AvgIpc) is 2.68. The molecule has 5 nitrogen and oxygen atoms in total. The van der Waals surface area contributed by atoms with Crippen molar-refractivity contribution in [3.05, 3.63) is 17.0 Å². The average molecular weight is 251 g/mol. The Morgan fingerprint density at radius 2 is 2.17 bits per heavy atom. The summed E-state index contributed by atoms with van der Waals surface area (Å²) < 4.78 is 0. The number of aromatic nitrogens is 2. The number of aliphatic hydroxyl groups is 1. The molecule has 0 aliphatic heterocycles. The number of nitrogens with one attached hydrogen (secondary N) is 2. The van der Waals surface area contributed by atoms with Gasteiger partial charge in [0.25, 0.3) is 5.91 Å². The van der Waals surface area contributed by atoms with Gasteiger partial charge in [-0.15, -0.1) is 0 Å². The van der Waals surface area contributed by atoms with E-state index >= 15 is 0 Å². The summed E-state index contributed by atoms with van der Waals surface area (Å²) in [6.07, 6.45) is 3.80. The van der Waals surface area contributed by atoms with Crippen molar-refractivity contribution in [3.63, 3.8) is 0 Å². The van der Waals surface area contributed by atoms with Crippen molar-refractivity contribution in [1.29, 1.82) is 0 Å². The molecule has 1 saturated carbocycles. The summed E-state index contributed by atoms with van der Waals surface area (Å²) in [7, 11) is 0. The molecule has 1 aromatic heterocycles. The van der Waals surface area contributed by atoms with E-state index in [-0.39, 0.29) is 17.9 Å². The lowest BCUT2D eigenvalue weighted by atomic mass is 9.86. The van der Waals surface area contributed by atoms with Gasteiger partial charge in [-0.1, -0.05) is 12.8 Å². The standard InChI is InChI=1S/C13H21N3O2/c1-8-12(9(2)16-15-8)13(18)14-7-10-5-3-4-6-11(10)17/h10-11,17H,3-7H2,1-2H3,(H,14,18)(H,15,16). The van der Waals surface area contributed by atoms with Crippen molar-refractivity contribution in [2.45, 2.75) is 45.6 Å². The van der Waals surface area contributed by atoms with Crippen LogP contribution in [0.3, 0.4) is 0 Å². The van der Waals surface area contributed by atoms with Crippen molar-refractivity contribution < 1.29 is 9.90 Å². The number of aryl methyl sites for hydroxylation is 2. The van der Waals surface area contributed by atoms with E-state index in [1.807, 2.05) is 13.8 Å². The minimum absolute atomic E-state index is 0.100. The predicted octanol–water partition coefficient (Wildman–Crippen LogP) is 1.31. The highest BCUT2D eigenvalue weighted by Gasteiger charge is 2.24. The highest BCUT2D eigenvalue weighted by molar-refractivity contribution is 5.96. The zero-order valence-corrected chi connectivity index (χ0v) is 11.0. The van der Waals surface area contributed by atoms with Crippen LogP contribution in [0.25, 0.3) is 0 Å². The van der Waals surface area contributed by atoms with Gasteiger partial charge in [-0.2, -0.15) is 5.10 Å². The molecule has 0 bridgehead atoms. The first-order valence-electron chi connectivity index (χ1n) is 6.57. The summed E-state index contributed by atoms with van der Waals surface area (Å²) in [5.74, 6) is 0.0896. The highest BCUT2D eigenvalue weighted by Crippen LogP contribution is 2.23. The fourth-order valence-electron chi connectivity index (χ4n) is 2.62. The topological polar surface area (TPSA) is 78.0 Å². The minimum atomic E-state index is -0.273. The van der Waals surface area contributed by atoms with Crippen molar-refractivity contribution in [1.82, 2.24) is 15.5 Å². The molecule has 1 heterocycles. The maximum absolute atomic E-state index is 12.0. The van der Waals surface area contributed by atoms with Crippen molar-refractivity contribution >= 4 is 5.91 Å². The molecule has 0 aromatic carbocycles. The number of amides is 1. The van der Waals surface area contributed by atoms with Gasteiger partial charge in [0.1, 0.15) is 0 Å². The molecule has 5 heteroatoms. The molecule has 1 fully saturated rings. The van der Waals surface area contributed by atoms with Crippen molar-refractivity contribution in [3.8, 4) is 0 Å². The molecule has 1 aliphatic rings. The Morgan fingerprint density at radius 3 is 2.78 bits per heavy atom. The van der Waals surface area contributed by atoms with Crippen LogP contribution in [0.4, 0.5) is 0 Å². The van der Waals surface area contributed by atoms with Crippen molar-refractivity contribution in [2.24, 2.45) is 5.92 Å². The quantitative estimate of drug-likeness (QED) is 0.758. The molecule has 1 aliphatic carbocycles. The summed E-state index contributed by atoms with van der Waals surface area (Å²) in [5.41, 5.74) is 2.13. The lowest BCUT2D eigenvalue weighted by Crippen LogP contribution is -2.37. The smallest absolute Gasteiger partial charge is 0.255 e. The maximum atomic E-state index is 12.0. The third-order valence-electron chi connectivity index (χ3n) is 3.75. The number of H-pyrrole nitrogens is 1. The first-order valence-corrected chi connectivity index (χ1v) is 6.57.